The summed E-state index contributed by atoms with van der Waals surface area (Å²) >= 11 is 2.65. The first-order valence-corrected chi connectivity index (χ1v) is 10.7. The molecule has 1 aromatic carbocycles. The van der Waals surface area contributed by atoms with Crippen LogP contribution in [0.1, 0.15) is 33.8 Å². The number of amides is 2. The fraction of sp³-hybridized carbons (Fsp3) is 0.250. The predicted molar refractivity (Wildman–Crippen MR) is 108 cm³/mol. The van der Waals surface area contributed by atoms with Gasteiger partial charge in [0.2, 0.25) is 5.91 Å². The van der Waals surface area contributed by atoms with E-state index in [1.165, 1.54) is 28.7 Å². The van der Waals surface area contributed by atoms with Crippen LogP contribution in [0.5, 0.6) is 0 Å². The summed E-state index contributed by atoms with van der Waals surface area (Å²) in [7, 11) is 0. The molecule has 0 aliphatic heterocycles. The molecule has 1 N–H and O–H groups in total. The summed E-state index contributed by atoms with van der Waals surface area (Å²) in [5, 5.41) is 6.83. The molecule has 1 aliphatic rings. The predicted octanol–water partition coefficient (Wildman–Crippen LogP) is 4.33. The van der Waals surface area contributed by atoms with Gasteiger partial charge in [0.05, 0.1) is 17.0 Å². The highest BCUT2D eigenvalue weighted by molar-refractivity contribution is 7.14. The minimum atomic E-state index is -0.298. The summed E-state index contributed by atoms with van der Waals surface area (Å²) in [6.45, 7) is 0.266. The van der Waals surface area contributed by atoms with Crippen LogP contribution in [0.3, 0.4) is 0 Å². The van der Waals surface area contributed by atoms with Crippen LogP contribution >= 0.6 is 22.7 Å². The number of rotatable bonds is 7. The van der Waals surface area contributed by atoms with Gasteiger partial charge in [0, 0.05) is 23.5 Å². The van der Waals surface area contributed by atoms with Crippen LogP contribution in [0.4, 0.5) is 9.52 Å². The van der Waals surface area contributed by atoms with Crippen molar-refractivity contribution in [3.8, 4) is 0 Å². The van der Waals surface area contributed by atoms with E-state index in [9.17, 15) is 14.0 Å². The first kappa shape index (κ1) is 18.8. The van der Waals surface area contributed by atoms with Gasteiger partial charge in [0.15, 0.2) is 5.13 Å². The van der Waals surface area contributed by atoms with Gasteiger partial charge in [0.1, 0.15) is 5.82 Å². The molecule has 4 rings (SSSR count). The first-order chi connectivity index (χ1) is 13.6. The first-order valence-electron chi connectivity index (χ1n) is 8.92. The van der Waals surface area contributed by atoms with Gasteiger partial charge in [0.25, 0.3) is 5.91 Å². The lowest BCUT2D eigenvalue weighted by atomic mass is 10.2. The smallest absolute Gasteiger partial charge is 0.267 e. The molecular weight excluding hydrogens is 397 g/mol. The number of nitrogens with zero attached hydrogens (tertiary/aromatic N) is 2. The number of nitrogens with one attached hydrogen (secondary N) is 1. The van der Waals surface area contributed by atoms with Gasteiger partial charge in [-0.3, -0.25) is 14.9 Å². The zero-order valence-corrected chi connectivity index (χ0v) is 16.6. The molecule has 1 aliphatic carbocycles. The topological polar surface area (TPSA) is 62.3 Å². The molecule has 0 atom stereocenters. The zero-order valence-electron chi connectivity index (χ0n) is 14.9. The van der Waals surface area contributed by atoms with Crippen LogP contribution in [0.2, 0.25) is 0 Å². The molecule has 8 heteroatoms. The summed E-state index contributed by atoms with van der Waals surface area (Å²) in [6, 6.07) is 10.3. The Bertz CT molecular complexity index is 983. The number of anilines is 1. The number of halogens is 1. The molecule has 144 valence electrons. The molecule has 3 aromatic rings. The number of thiazole rings is 1. The Balaban J connectivity index is 1.40. The summed E-state index contributed by atoms with van der Waals surface area (Å²) in [5.74, 6) is -0.582. The normalized spacial score (nSPS) is 13.3. The maximum absolute atomic E-state index is 14.0. The van der Waals surface area contributed by atoms with Crippen molar-refractivity contribution in [2.75, 3.05) is 5.32 Å². The van der Waals surface area contributed by atoms with Crippen LogP contribution in [0.25, 0.3) is 0 Å². The van der Waals surface area contributed by atoms with Crippen LogP contribution in [0.15, 0.2) is 47.2 Å². The van der Waals surface area contributed by atoms with E-state index in [-0.39, 0.29) is 36.6 Å². The molecule has 0 radical (unpaired) electrons. The van der Waals surface area contributed by atoms with Crippen molar-refractivity contribution in [3.63, 3.8) is 0 Å². The zero-order chi connectivity index (χ0) is 19.5. The Labute approximate surface area is 169 Å². The molecular formula is C20H18FN3O2S2. The molecule has 1 saturated carbocycles. The van der Waals surface area contributed by atoms with Crippen molar-refractivity contribution in [1.29, 1.82) is 0 Å². The van der Waals surface area contributed by atoms with E-state index in [4.69, 9.17) is 0 Å². The SMILES string of the molecule is O=C(Nc1nc(CC(=O)N(Cc2ccccc2F)C2CC2)cs1)c1cccs1. The second-order valence-electron chi connectivity index (χ2n) is 6.60. The third-order valence-electron chi connectivity index (χ3n) is 4.46. The number of hydrogen-bond acceptors (Lipinski definition) is 5. The Hall–Kier alpha value is -2.58. The second kappa shape index (κ2) is 8.20. The average Bonchev–Trinajstić information content (AvgIpc) is 3.17. The van der Waals surface area contributed by atoms with Crippen molar-refractivity contribution in [2.24, 2.45) is 0 Å². The molecule has 2 amide bonds. The molecule has 1 fully saturated rings. The lowest BCUT2D eigenvalue weighted by Crippen LogP contribution is -2.34. The molecule has 0 bridgehead atoms. The van der Waals surface area contributed by atoms with Gasteiger partial charge in [-0.2, -0.15) is 0 Å². The van der Waals surface area contributed by atoms with Crippen molar-refractivity contribution in [3.05, 3.63) is 69.1 Å². The Morgan fingerprint density at radius 2 is 2.00 bits per heavy atom. The van der Waals surface area contributed by atoms with E-state index in [0.29, 0.717) is 21.3 Å². The quantitative estimate of drug-likeness (QED) is 0.625. The molecule has 0 unspecified atom stereocenters. The fourth-order valence-electron chi connectivity index (χ4n) is 2.89. The van der Waals surface area contributed by atoms with Crippen molar-refractivity contribution in [1.82, 2.24) is 9.88 Å². The molecule has 0 saturated heterocycles. The highest BCUT2D eigenvalue weighted by atomic mass is 32.1. The number of carbonyl (C=O) groups excluding carboxylic acids is 2. The fourth-order valence-corrected chi connectivity index (χ4v) is 4.21. The second-order valence-corrected chi connectivity index (χ2v) is 8.40. The molecule has 0 spiro atoms. The van der Waals surface area contributed by atoms with Gasteiger partial charge in [-0.05, 0) is 30.4 Å². The number of carbonyl (C=O) groups is 2. The highest BCUT2D eigenvalue weighted by Gasteiger charge is 2.33. The monoisotopic (exact) mass is 415 g/mol. The lowest BCUT2D eigenvalue weighted by Gasteiger charge is -2.22. The third kappa shape index (κ3) is 4.45. The van der Waals surface area contributed by atoms with Gasteiger partial charge in [-0.25, -0.2) is 9.37 Å². The van der Waals surface area contributed by atoms with Crippen LogP contribution in [-0.4, -0.2) is 27.7 Å². The van der Waals surface area contributed by atoms with E-state index in [1.807, 2.05) is 11.4 Å². The van der Waals surface area contributed by atoms with Crippen LogP contribution in [0, 0.1) is 5.82 Å². The Kier molecular flexibility index (Phi) is 5.50. The lowest BCUT2D eigenvalue weighted by molar-refractivity contribution is -0.131. The van der Waals surface area contributed by atoms with Crippen molar-refractivity contribution < 1.29 is 14.0 Å². The van der Waals surface area contributed by atoms with E-state index < -0.39 is 0 Å². The largest absolute Gasteiger partial charge is 0.335 e. The maximum atomic E-state index is 14.0. The van der Waals surface area contributed by atoms with Gasteiger partial charge >= 0.3 is 0 Å². The minimum Gasteiger partial charge on any atom is -0.335 e. The molecule has 2 aromatic heterocycles. The number of benzene rings is 1. The Morgan fingerprint density at radius 1 is 1.18 bits per heavy atom. The standard InChI is InChI=1S/C20H18FN3O2S2/c21-16-5-2-1-4-13(16)11-24(15-7-8-15)18(25)10-14-12-28-20(22-14)23-19(26)17-6-3-9-27-17/h1-6,9,12,15H,7-8,10-11H2,(H,22,23,26). The van der Waals surface area contributed by atoms with E-state index in [1.54, 1.807) is 34.5 Å². The number of aromatic nitrogens is 1. The summed E-state index contributed by atoms with van der Waals surface area (Å²) in [6.07, 6.45) is 2.02. The summed E-state index contributed by atoms with van der Waals surface area (Å²) in [5.41, 5.74) is 1.13. The third-order valence-corrected chi connectivity index (χ3v) is 6.13. The van der Waals surface area contributed by atoms with Crippen LogP contribution in [-0.2, 0) is 17.8 Å². The minimum absolute atomic E-state index is 0.0767. The van der Waals surface area contributed by atoms with Gasteiger partial charge in [-0.1, -0.05) is 24.3 Å². The summed E-state index contributed by atoms with van der Waals surface area (Å²) < 4.78 is 14.0. The molecule has 2 heterocycles. The highest BCUT2D eigenvalue weighted by Crippen LogP contribution is 2.30. The van der Waals surface area contributed by atoms with Gasteiger partial charge in [-0.15, -0.1) is 22.7 Å². The number of thiophene rings is 1. The Morgan fingerprint density at radius 3 is 2.71 bits per heavy atom. The maximum Gasteiger partial charge on any atom is 0.267 e. The molecule has 5 nitrogen and oxygen atoms in total. The van der Waals surface area contributed by atoms with E-state index in [2.05, 4.69) is 10.3 Å². The number of hydrogen-bond donors (Lipinski definition) is 1. The van der Waals surface area contributed by atoms with Crippen molar-refractivity contribution >= 4 is 39.6 Å². The van der Waals surface area contributed by atoms with Gasteiger partial charge < -0.3 is 4.90 Å². The van der Waals surface area contributed by atoms with E-state index in [0.717, 1.165) is 12.8 Å². The van der Waals surface area contributed by atoms with Crippen molar-refractivity contribution in [2.45, 2.75) is 31.8 Å². The molecule has 28 heavy (non-hydrogen) atoms. The van der Waals surface area contributed by atoms with Crippen LogP contribution < -0.4 is 5.32 Å². The van der Waals surface area contributed by atoms with E-state index >= 15 is 0 Å². The summed E-state index contributed by atoms with van der Waals surface area (Å²) in [4.78, 5) is 31.6. The average molecular weight is 416 g/mol.